The Bertz CT molecular complexity index is 1390. The summed E-state index contributed by atoms with van der Waals surface area (Å²) >= 11 is 0. The Morgan fingerprint density at radius 3 is 2.56 bits per heavy atom. The maximum atomic E-state index is 12.7. The summed E-state index contributed by atoms with van der Waals surface area (Å²) in [6.07, 6.45) is 8.14. The van der Waals surface area contributed by atoms with Crippen molar-refractivity contribution < 1.29 is 9.53 Å². The minimum Gasteiger partial charge on any atom is -0.457 e. The van der Waals surface area contributed by atoms with E-state index in [0.717, 1.165) is 59.9 Å². The number of imidazole rings is 1. The Kier molecular flexibility index (Phi) is 4.65. The highest BCUT2D eigenvalue weighted by atomic mass is 16.5. The van der Waals surface area contributed by atoms with Crippen molar-refractivity contribution >= 4 is 17.2 Å². The van der Waals surface area contributed by atoms with E-state index in [1.54, 1.807) is 6.20 Å². The minimum absolute atomic E-state index is 0.0588. The summed E-state index contributed by atoms with van der Waals surface area (Å²) in [6, 6.07) is 17.3. The molecule has 2 fully saturated rings. The predicted octanol–water partition coefficient (Wildman–Crippen LogP) is 5.01. The lowest BCUT2D eigenvalue weighted by Crippen LogP contribution is -2.30. The van der Waals surface area contributed by atoms with E-state index < -0.39 is 0 Å². The van der Waals surface area contributed by atoms with E-state index in [1.807, 2.05) is 70.1 Å². The summed E-state index contributed by atoms with van der Waals surface area (Å²) in [6.45, 7) is 4.46. The second-order valence-electron chi connectivity index (χ2n) is 9.18. The summed E-state index contributed by atoms with van der Waals surface area (Å²) in [7, 11) is 0. The van der Waals surface area contributed by atoms with E-state index in [-0.39, 0.29) is 17.4 Å². The molecule has 2 aromatic heterocycles. The van der Waals surface area contributed by atoms with Crippen LogP contribution in [0.5, 0.6) is 11.5 Å². The molecule has 1 unspecified atom stereocenters. The predicted molar refractivity (Wildman–Crippen MR) is 130 cm³/mol. The van der Waals surface area contributed by atoms with Crippen molar-refractivity contribution in [3.05, 3.63) is 85.5 Å². The zero-order valence-corrected chi connectivity index (χ0v) is 18.7. The zero-order valence-electron chi connectivity index (χ0n) is 18.7. The number of ether oxygens (including phenoxy) is 1. The fraction of sp³-hybridized carbons (Fsp3) is 0.222. The van der Waals surface area contributed by atoms with Gasteiger partial charge in [-0.25, -0.2) is 9.97 Å². The number of hydrogen-bond donors (Lipinski definition) is 1. The molecule has 2 N–H and O–H groups in total. The first-order valence-electron chi connectivity index (χ1n) is 11.5. The average molecular weight is 452 g/mol. The van der Waals surface area contributed by atoms with Crippen LogP contribution in [0, 0.1) is 5.41 Å². The number of fused-ring (bicyclic) bond motifs is 1. The van der Waals surface area contributed by atoms with Crippen LogP contribution in [0.1, 0.15) is 31.1 Å². The van der Waals surface area contributed by atoms with Crippen LogP contribution in [-0.4, -0.2) is 31.7 Å². The number of hydrogen-bond acceptors (Lipinski definition) is 5. The first-order chi connectivity index (χ1) is 16.6. The number of carbonyl (C=O) groups excluding carboxylic acids is 1. The van der Waals surface area contributed by atoms with Gasteiger partial charge in [0.05, 0.1) is 6.04 Å². The van der Waals surface area contributed by atoms with E-state index >= 15 is 0 Å². The molecule has 1 spiro atoms. The van der Waals surface area contributed by atoms with Gasteiger partial charge in [-0.1, -0.05) is 24.8 Å². The van der Waals surface area contributed by atoms with Gasteiger partial charge in [0.25, 0.3) is 0 Å². The molecule has 0 radical (unpaired) electrons. The first-order valence-corrected chi connectivity index (χ1v) is 11.5. The topological polar surface area (TPSA) is 85.8 Å². The summed E-state index contributed by atoms with van der Waals surface area (Å²) in [4.78, 5) is 24.0. The third-order valence-electron chi connectivity index (χ3n) is 6.94. The number of amides is 1. The van der Waals surface area contributed by atoms with Gasteiger partial charge in [0.2, 0.25) is 5.91 Å². The van der Waals surface area contributed by atoms with E-state index in [1.165, 1.54) is 6.08 Å². The van der Waals surface area contributed by atoms with E-state index in [2.05, 4.69) is 11.6 Å². The number of anilines is 1. The largest absolute Gasteiger partial charge is 0.457 e. The second-order valence-corrected chi connectivity index (χ2v) is 9.18. The molecule has 6 rings (SSSR count). The number of likely N-dealkylation sites (tertiary alicyclic amines) is 1. The maximum absolute atomic E-state index is 12.7. The molecular formula is C27H25N5O2. The van der Waals surface area contributed by atoms with Crippen molar-refractivity contribution in [3.8, 4) is 22.8 Å². The molecule has 1 aliphatic carbocycles. The molecule has 2 aliphatic rings. The van der Waals surface area contributed by atoms with Crippen LogP contribution in [-0.2, 0) is 4.79 Å². The number of nitrogens with two attached hydrogens (primary N) is 1. The molecule has 2 aromatic carbocycles. The van der Waals surface area contributed by atoms with Crippen molar-refractivity contribution in [2.24, 2.45) is 5.41 Å². The summed E-state index contributed by atoms with van der Waals surface area (Å²) in [5.74, 6) is 2.67. The van der Waals surface area contributed by atoms with Crippen LogP contribution in [0.4, 0.5) is 5.82 Å². The molecule has 170 valence electrons. The van der Waals surface area contributed by atoms with Gasteiger partial charge < -0.3 is 15.4 Å². The Hall–Kier alpha value is -4.13. The molecule has 0 bridgehead atoms. The molecule has 7 nitrogen and oxygen atoms in total. The summed E-state index contributed by atoms with van der Waals surface area (Å²) in [5.41, 5.74) is 8.94. The molecule has 1 amide bonds. The van der Waals surface area contributed by atoms with Gasteiger partial charge in [0, 0.05) is 24.5 Å². The van der Waals surface area contributed by atoms with Gasteiger partial charge in [-0.3, -0.25) is 9.20 Å². The van der Waals surface area contributed by atoms with E-state index in [0.29, 0.717) is 5.82 Å². The number of carbonyl (C=O) groups is 1. The lowest BCUT2D eigenvalue weighted by Gasteiger charge is -2.22. The highest BCUT2D eigenvalue weighted by molar-refractivity contribution is 5.88. The van der Waals surface area contributed by atoms with E-state index in [9.17, 15) is 4.79 Å². The lowest BCUT2D eigenvalue weighted by molar-refractivity contribution is -0.127. The SMILES string of the molecule is C=CC(=O)N1CC2(CC2)CC1c1nc(-c2ccc(Oc3ccccc3)cc2)c2c(N)nccn12. The third kappa shape index (κ3) is 3.41. The molecule has 3 heterocycles. The van der Waals surface area contributed by atoms with Gasteiger partial charge in [-0.05, 0) is 67.2 Å². The highest BCUT2D eigenvalue weighted by Gasteiger charge is 2.54. The Morgan fingerprint density at radius 2 is 1.85 bits per heavy atom. The monoisotopic (exact) mass is 451 g/mol. The average Bonchev–Trinajstić information content (AvgIpc) is 3.34. The number of nitrogen functional groups attached to an aromatic ring is 1. The highest BCUT2D eigenvalue weighted by Crippen LogP contribution is 2.58. The maximum Gasteiger partial charge on any atom is 0.246 e. The van der Waals surface area contributed by atoms with E-state index in [4.69, 9.17) is 15.5 Å². The fourth-order valence-corrected chi connectivity index (χ4v) is 5.00. The van der Waals surface area contributed by atoms with Crippen molar-refractivity contribution in [2.45, 2.75) is 25.3 Å². The Morgan fingerprint density at radius 1 is 1.12 bits per heavy atom. The fourth-order valence-electron chi connectivity index (χ4n) is 5.00. The minimum atomic E-state index is -0.128. The number of rotatable bonds is 5. The van der Waals surface area contributed by atoms with Crippen molar-refractivity contribution in [1.29, 1.82) is 0 Å². The van der Waals surface area contributed by atoms with Crippen molar-refractivity contribution in [1.82, 2.24) is 19.3 Å². The molecule has 7 heteroatoms. The molecule has 4 aromatic rings. The van der Waals surface area contributed by atoms with Crippen LogP contribution in [0.25, 0.3) is 16.8 Å². The quantitative estimate of drug-likeness (QED) is 0.431. The number of aromatic nitrogens is 3. The number of para-hydroxylation sites is 1. The molecule has 1 atom stereocenters. The Labute approximate surface area is 197 Å². The Balaban J connectivity index is 1.41. The van der Waals surface area contributed by atoms with Crippen molar-refractivity contribution in [3.63, 3.8) is 0 Å². The third-order valence-corrected chi connectivity index (χ3v) is 6.94. The normalized spacial score (nSPS) is 18.4. The van der Waals surface area contributed by atoms with Gasteiger partial charge >= 0.3 is 0 Å². The van der Waals surface area contributed by atoms with Crippen LogP contribution < -0.4 is 10.5 Å². The van der Waals surface area contributed by atoms with Gasteiger partial charge in [0.15, 0.2) is 0 Å². The van der Waals surface area contributed by atoms with Gasteiger partial charge in [0.1, 0.15) is 34.4 Å². The number of nitrogens with zero attached hydrogens (tertiary/aromatic N) is 4. The standard InChI is InChI=1S/C27H25N5O2/c1-2-22(33)32-17-27(12-13-27)16-21(32)26-30-23(24-25(28)29-14-15-31(24)26)18-8-10-20(11-9-18)34-19-6-4-3-5-7-19/h2-11,14-15,21H,1,12-13,16-17H2,(H2,28,29). The van der Waals surface area contributed by atoms with Crippen LogP contribution in [0.15, 0.2) is 79.6 Å². The summed E-state index contributed by atoms with van der Waals surface area (Å²) in [5, 5.41) is 0. The van der Waals surface area contributed by atoms with Gasteiger partial charge in [-0.15, -0.1) is 0 Å². The smallest absolute Gasteiger partial charge is 0.246 e. The van der Waals surface area contributed by atoms with Gasteiger partial charge in [-0.2, -0.15) is 0 Å². The molecule has 1 aliphatic heterocycles. The molecular weight excluding hydrogens is 426 g/mol. The molecule has 34 heavy (non-hydrogen) atoms. The van der Waals surface area contributed by atoms with Crippen LogP contribution >= 0.6 is 0 Å². The van der Waals surface area contributed by atoms with Crippen LogP contribution in [0.2, 0.25) is 0 Å². The first kappa shape index (κ1) is 20.5. The van der Waals surface area contributed by atoms with Crippen molar-refractivity contribution in [2.75, 3.05) is 12.3 Å². The van der Waals surface area contributed by atoms with Crippen LogP contribution in [0.3, 0.4) is 0 Å². The number of benzene rings is 2. The lowest BCUT2D eigenvalue weighted by atomic mass is 10.0. The zero-order chi connectivity index (χ0) is 23.3. The second kappa shape index (κ2) is 7.73. The molecule has 1 saturated carbocycles. The summed E-state index contributed by atoms with van der Waals surface area (Å²) < 4.78 is 7.92. The molecule has 1 saturated heterocycles.